The van der Waals surface area contributed by atoms with Crippen LogP contribution in [0.2, 0.25) is 0 Å². The van der Waals surface area contributed by atoms with E-state index in [0.717, 1.165) is 26.1 Å². The number of hydrogen-bond acceptors (Lipinski definition) is 1. The summed E-state index contributed by atoms with van der Waals surface area (Å²) in [4.78, 5) is 0. The highest BCUT2D eigenvalue weighted by Crippen LogP contribution is 2.27. The molecule has 0 rings (SSSR count). The Morgan fingerprint density at radius 1 is 1.33 bits per heavy atom. The molecule has 1 nitrogen and oxygen atoms in total. The van der Waals surface area contributed by atoms with Gasteiger partial charge in [0, 0.05) is 18.6 Å². The number of ether oxygens (including phenoxy) is 1. The third-order valence-electron chi connectivity index (χ3n) is 1.89. The molecule has 0 aromatic heterocycles. The number of alkyl halides is 1. The van der Waals surface area contributed by atoms with E-state index in [-0.39, 0.29) is 10.8 Å². The van der Waals surface area contributed by atoms with Crippen LogP contribution in [0.15, 0.2) is 0 Å². The van der Waals surface area contributed by atoms with Crippen molar-refractivity contribution in [1.29, 1.82) is 0 Å². The van der Waals surface area contributed by atoms with E-state index in [0.29, 0.717) is 0 Å². The van der Waals surface area contributed by atoms with Gasteiger partial charge in [-0.1, -0.05) is 20.8 Å². The van der Waals surface area contributed by atoms with Gasteiger partial charge in [0.15, 0.2) is 0 Å². The maximum absolute atomic E-state index is 6.18. The van der Waals surface area contributed by atoms with Gasteiger partial charge < -0.3 is 4.74 Å². The average Bonchev–Trinajstić information content (AvgIpc) is 1.96. The lowest BCUT2D eigenvalue weighted by Gasteiger charge is -2.24. The van der Waals surface area contributed by atoms with E-state index in [2.05, 4.69) is 20.8 Å². The van der Waals surface area contributed by atoms with Crippen LogP contribution in [0.4, 0.5) is 0 Å². The lowest BCUT2D eigenvalue weighted by molar-refractivity contribution is 0.140. The Balaban J connectivity index is 3.38. The molecule has 74 valence electrons. The van der Waals surface area contributed by atoms with Crippen molar-refractivity contribution in [3.8, 4) is 0 Å². The third-order valence-corrected chi connectivity index (χ3v) is 2.76. The lowest BCUT2D eigenvalue weighted by atomic mass is 9.89. The molecule has 0 aliphatic carbocycles. The van der Waals surface area contributed by atoms with Crippen LogP contribution in [0, 0.1) is 5.41 Å². The Kier molecular flexibility index (Phi) is 5.94. The molecule has 0 radical (unpaired) electrons. The number of hydrogen-bond donors (Lipinski definition) is 0. The smallest absolute Gasteiger partial charge is 0.0466 e. The van der Waals surface area contributed by atoms with Gasteiger partial charge in [-0.2, -0.15) is 0 Å². The molecule has 0 amide bonds. The fraction of sp³-hybridized carbons (Fsp3) is 1.00. The molecule has 0 aromatic rings. The molecule has 1 atom stereocenters. The summed E-state index contributed by atoms with van der Waals surface area (Å²) >= 11 is 6.18. The first kappa shape index (κ1) is 12.2. The maximum atomic E-state index is 6.18. The number of halogens is 1. The summed E-state index contributed by atoms with van der Waals surface area (Å²) in [5, 5.41) is 0.262. The summed E-state index contributed by atoms with van der Waals surface area (Å²) in [6.45, 7) is 10.2. The Morgan fingerprint density at radius 3 is 2.33 bits per heavy atom. The average molecular weight is 193 g/mol. The Labute approximate surface area is 81.4 Å². The highest BCUT2D eigenvalue weighted by molar-refractivity contribution is 6.21. The molecule has 0 fully saturated rings. The summed E-state index contributed by atoms with van der Waals surface area (Å²) in [6, 6.07) is 0. The molecule has 0 aromatic carbocycles. The van der Waals surface area contributed by atoms with Crippen LogP contribution >= 0.6 is 11.6 Å². The van der Waals surface area contributed by atoms with E-state index in [1.807, 2.05) is 6.92 Å². The van der Waals surface area contributed by atoms with Crippen molar-refractivity contribution in [2.45, 2.75) is 45.9 Å². The fourth-order valence-corrected chi connectivity index (χ4v) is 1.10. The van der Waals surface area contributed by atoms with E-state index < -0.39 is 0 Å². The first-order chi connectivity index (χ1) is 5.48. The molecule has 0 heterocycles. The molecule has 0 aliphatic rings. The first-order valence-corrected chi connectivity index (χ1v) is 5.14. The van der Waals surface area contributed by atoms with E-state index in [1.165, 1.54) is 0 Å². The third kappa shape index (κ3) is 5.84. The van der Waals surface area contributed by atoms with Crippen LogP contribution in [0.5, 0.6) is 0 Å². The predicted molar refractivity (Wildman–Crippen MR) is 54.8 cm³/mol. The van der Waals surface area contributed by atoms with Gasteiger partial charge in [-0.25, -0.2) is 0 Å². The van der Waals surface area contributed by atoms with Crippen LogP contribution in [-0.2, 0) is 4.74 Å². The molecule has 0 saturated heterocycles. The van der Waals surface area contributed by atoms with Crippen molar-refractivity contribution in [3.05, 3.63) is 0 Å². The van der Waals surface area contributed by atoms with E-state index in [1.54, 1.807) is 0 Å². The fourth-order valence-electron chi connectivity index (χ4n) is 0.942. The van der Waals surface area contributed by atoms with Gasteiger partial charge in [-0.05, 0) is 25.2 Å². The summed E-state index contributed by atoms with van der Waals surface area (Å²) < 4.78 is 5.24. The molecule has 0 N–H and O–H groups in total. The van der Waals surface area contributed by atoms with Gasteiger partial charge in [-0.3, -0.25) is 0 Å². The van der Waals surface area contributed by atoms with Gasteiger partial charge >= 0.3 is 0 Å². The van der Waals surface area contributed by atoms with Crippen molar-refractivity contribution in [2.24, 2.45) is 5.41 Å². The second-order valence-electron chi connectivity index (χ2n) is 4.17. The molecular weight excluding hydrogens is 172 g/mol. The van der Waals surface area contributed by atoms with Crippen molar-refractivity contribution >= 4 is 11.6 Å². The highest BCUT2D eigenvalue weighted by atomic mass is 35.5. The Morgan fingerprint density at radius 2 is 1.92 bits per heavy atom. The Bertz CT molecular complexity index is 107. The van der Waals surface area contributed by atoms with E-state index in [9.17, 15) is 0 Å². The zero-order valence-corrected chi connectivity index (χ0v) is 9.45. The molecule has 1 unspecified atom stereocenters. The minimum atomic E-state index is 0.216. The summed E-state index contributed by atoms with van der Waals surface area (Å²) in [7, 11) is 0. The molecule has 0 bridgehead atoms. The summed E-state index contributed by atoms with van der Waals surface area (Å²) in [6.07, 6.45) is 2.12. The number of rotatable bonds is 5. The van der Waals surface area contributed by atoms with Gasteiger partial charge in [-0.15, -0.1) is 11.6 Å². The maximum Gasteiger partial charge on any atom is 0.0466 e. The first-order valence-electron chi connectivity index (χ1n) is 4.70. The molecule has 0 saturated carbocycles. The quantitative estimate of drug-likeness (QED) is 0.479. The van der Waals surface area contributed by atoms with Gasteiger partial charge in [0.05, 0.1) is 0 Å². The SMILES string of the molecule is CCOCCCC(Cl)C(C)(C)C. The van der Waals surface area contributed by atoms with Gasteiger partial charge in [0.1, 0.15) is 0 Å². The van der Waals surface area contributed by atoms with Crippen LogP contribution < -0.4 is 0 Å². The topological polar surface area (TPSA) is 9.23 Å². The van der Waals surface area contributed by atoms with Gasteiger partial charge in [0.2, 0.25) is 0 Å². The van der Waals surface area contributed by atoms with Crippen LogP contribution in [0.1, 0.15) is 40.5 Å². The van der Waals surface area contributed by atoms with Crippen LogP contribution in [0.25, 0.3) is 0 Å². The molecule has 0 spiro atoms. The summed E-state index contributed by atoms with van der Waals surface area (Å²) in [5.41, 5.74) is 0.216. The van der Waals surface area contributed by atoms with Crippen LogP contribution in [0.3, 0.4) is 0 Å². The second kappa shape index (κ2) is 5.82. The molecule has 2 heteroatoms. The zero-order valence-electron chi connectivity index (χ0n) is 8.69. The summed E-state index contributed by atoms with van der Waals surface area (Å²) in [5.74, 6) is 0. The largest absolute Gasteiger partial charge is 0.382 e. The zero-order chi connectivity index (χ0) is 9.61. The lowest BCUT2D eigenvalue weighted by Crippen LogP contribution is -2.20. The minimum Gasteiger partial charge on any atom is -0.382 e. The van der Waals surface area contributed by atoms with E-state index in [4.69, 9.17) is 16.3 Å². The van der Waals surface area contributed by atoms with Crippen molar-refractivity contribution < 1.29 is 4.74 Å². The van der Waals surface area contributed by atoms with Crippen molar-refractivity contribution in [2.75, 3.05) is 13.2 Å². The highest BCUT2D eigenvalue weighted by Gasteiger charge is 2.21. The normalized spacial score (nSPS) is 14.8. The van der Waals surface area contributed by atoms with Gasteiger partial charge in [0.25, 0.3) is 0 Å². The Hall–Kier alpha value is 0.250. The predicted octanol–water partition coefficient (Wildman–Crippen LogP) is 3.46. The van der Waals surface area contributed by atoms with E-state index >= 15 is 0 Å². The monoisotopic (exact) mass is 192 g/mol. The van der Waals surface area contributed by atoms with Crippen LogP contribution in [-0.4, -0.2) is 18.6 Å². The molecular formula is C10H21ClO. The standard InChI is InChI=1S/C10H21ClO/c1-5-12-8-6-7-9(11)10(2,3)4/h9H,5-8H2,1-4H3. The second-order valence-corrected chi connectivity index (χ2v) is 4.70. The van der Waals surface area contributed by atoms with Crippen molar-refractivity contribution in [3.63, 3.8) is 0 Å². The molecule has 0 aliphatic heterocycles. The minimum absolute atomic E-state index is 0.216. The molecule has 12 heavy (non-hydrogen) atoms. The van der Waals surface area contributed by atoms with Crippen molar-refractivity contribution in [1.82, 2.24) is 0 Å².